The fourth-order valence-corrected chi connectivity index (χ4v) is 4.60. The van der Waals surface area contributed by atoms with Gasteiger partial charge in [-0.2, -0.15) is 4.57 Å². The summed E-state index contributed by atoms with van der Waals surface area (Å²) >= 11 is 7.47. The van der Waals surface area contributed by atoms with Gasteiger partial charge in [-0.05, 0) is 29.3 Å². The minimum absolute atomic E-state index is 0.124. The Morgan fingerprint density at radius 1 is 0.933 bits per heavy atom. The topological polar surface area (TPSA) is 49.6 Å². The Morgan fingerprint density at radius 2 is 1.70 bits per heavy atom. The Kier molecular flexibility index (Phi) is 4.91. The number of hydrogen-bond acceptors (Lipinski definition) is 3. The maximum absolute atomic E-state index is 12.9. The molecule has 0 fully saturated rings. The number of nitrogens with zero attached hydrogens (tertiary/aromatic N) is 2. The van der Waals surface area contributed by atoms with E-state index in [-0.39, 0.29) is 5.56 Å². The number of fused-ring (bicyclic) bond motifs is 1. The molecule has 6 heteroatoms. The van der Waals surface area contributed by atoms with Gasteiger partial charge in [0.05, 0.1) is 5.39 Å². The summed E-state index contributed by atoms with van der Waals surface area (Å²) < 4.78 is 2.03. The van der Waals surface area contributed by atoms with Gasteiger partial charge in [-0.25, -0.2) is 4.98 Å². The number of aromatic nitrogens is 3. The van der Waals surface area contributed by atoms with Crippen molar-refractivity contribution in [1.82, 2.24) is 9.97 Å². The molecule has 146 valence electrons. The number of pyridine rings is 1. The third-order valence-corrected chi connectivity index (χ3v) is 6.07. The standard InChI is InChI=1S/C24H16ClN3OS/c25-19-10-8-17(9-11-19)20-15-30-24-22(20)23(29)26-21(27-24)14-28-12-4-7-18(13-28)16-5-2-1-3-6-16/h1-13,15H,14H2/p+1. The highest BCUT2D eigenvalue weighted by molar-refractivity contribution is 7.17. The molecule has 0 unspecified atom stereocenters. The highest BCUT2D eigenvalue weighted by atomic mass is 35.5. The van der Waals surface area contributed by atoms with Crippen LogP contribution in [0, 0.1) is 0 Å². The van der Waals surface area contributed by atoms with Crippen LogP contribution in [0.3, 0.4) is 0 Å². The minimum Gasteiger partial charge on any atom is -0.305 e. The third kappa shape index (κ3) is 3.65. The van der Waals surface area contributed by atoms with Crippen LogP contribution >= 0.6 is 22.9 Å². The van der Waals surface area contributed by atoms with Crippen molar-refractivity contribution in [2.75, 3.05) is 0 Å². The predicted molar refractivity (Wildman–Crippen MR) is 122 cm³/mol. The number of benzene rings is 2. The quantitative estimate of drug-likeness (QED) is 0.393. The molecule has 0 spiro atoms. The molecular weight excluding hydrogens is 414 g/mol. The molecule has 0 aliphatic carbocycles. The van der Waals surface area contributed by atoms with Gasteiger partial charge in [0.1, 0.15) is 4.83 Å². The second-order valence-electron chi connectivity index (χ2n) is 6.98. The van der Waals surface area contributed by atoms with E-state index in [9.17, 15) is 4.79 Å². The summed E-state index contributed by atoms with van der Waals surface area (Å²) in [5.41, 5.74) is 3.97. The molecule has 1 N–H and O–H groups in total. The van der Waals surface area contributed by atoms with Gasteiger partial charge in [-0.15, -0.1) is 11.3 Å². The highest BCUT2D eigenvalue weighted by Gasteiger charge is 2.15. The van der Waals surface area contributed by atoms with Gasteiger partial charge >= 0.3 is 0 Å². The first-order valence-corrected chi connectivity index (χ1v) is 10.7. The van der Waals surface area contributed by atoms with E-state index in [0.29, 0.717) is 22.8 Å². The largest absolute Gasteiger partial charge is 0.305 e. The molecule has 0 saturated carbocycles. The van der Waals surface area contributed by atoms with Crippen LogP contribution in [-0.4, -0.2) is 9.97 Å². The first kappa shape index (κ1) is 18.7. The second-order valence-corrected chi connectivity index (χ2v) is 8.27. The fourth-order valence-electron chi connectivity index (χ4n) is 3.50. The van der Waals surface area contributed by atoms with Crippen LogP contribution in [0.4, 0.5) is 0 Å². The van der Waals surface area contributed by atoms with Crippen molar-refractivity contribution in [2.24, 2.45) is 0 Å². The Balaban J connectivity index is 1.49. The first-order chi connectivity index (χ1) is 14.7. The Hall–Kier alpha value is -3.28. The Labute approximate surface area is 182 Å². The molecule has 0 radical (unpaired) electrons. The van der Waals surface area contributed by atoms with Gasteiger partial charge in [0.25, 0.3) is 5.56 Å². The van der Waals surface area contributed by atoms with Gasteiger partial charge < -0.3 is 4.98 Å². The van der Waals surface area contributed by atoms with Crippen molar-refractivity contribution >= 4 is 33.2 Å². The average molecular weight is 431 g/mol. The van der Waals surface area contributed by atoms with Crippen LogP contribution in [0.2, 0.25) is 5.02 Å². The zero-order valence-corrected chi connectivity index (χ0v) is 17.5. The van der Waals surface area contributed by atoms with Crippen LogP contribution in [0.25, 0.3) is 32.5 Å². The second kappa shape index (κ2) is 7.86. The van der Waals surface area contributed by atoms with Crippen LogP contribution in [-0.2, 0) is 6.54 Å². The van der Waals surface area contributed by atoms with Crippen molar-refractivity contribution in [1.29, 1.82) is 0 Å². The van der Waals surface area contributed by atoms with Crippen molar-refractivity contribution < 1.29 is 4.57 Å². The molecule has 3 heterocycles. The minimum atomic E-state index is -0.124. The van der Waals surface area contributed by atoms with Gasteiger partial charge in [0.2, 0.25) is 6.54 Å². The van der Waals surface area contributed by atoms with Crippen LogP contribution in [0.5, 0.6) is 0 Å². The third-order valence-electron chi connectivity index (χ3n) is 4.95. The number of aromatic amines is 1. The van der Waals surface area contributed by atoms with E-state index >= 15 is 0 Å². The van der Waals surface area contributed by atoms with E-state index in [0.717, 1.165) is 27.1 Å². The number of halogens is 1. The van der Waals surface area contributed by atoms with Gasteiger partial charge in [-0.3, -0.25) is 4.79 Å². The van der Waals surface area contributed by atoms with Gasteiger partial charge in [0, 0.05) is 27.6 Å². The van der Waals surface area contributed by atoms with E-state index in [1.54, 1.807) is 0 Å². The molecule has 0 amide bonds. The molecule has 3 aromatic heterocycles. The summed E-state index contributed by atoms with van der Waals surface area (Å²) in [4.78, 5) is 21.3. The molecule has 2 aromatic carbocycles. The normalized spacial score (nSPS) is 11.1. The first-order valence-electron chi connectivity index (χ1n) is 9.48. The molecule has 30 heavy (non-hydrogen) atoms. The number of nitrogens with one attached hydrogen (secondary N) is 1. The van der Waals surface area contributed by atoms with Gasteiger partial charge in [-0.1, -0.05) is 54.1 Å². The predicted octanol–water partition coefficient (Wildman–Crippen LogP) is 5.31. The average Bonchev–Trinajstić information content (AvgIpc) is 3.20. The fraction of sp³-hybridized carbons (Fsp3) is 0.0417. The summed E-state index contributed by atoms with van der Waals surface area (Å²) in [6.45, 7) is 0.486. The lowest BCUT2D eigenvalue weighted by molar-refractivity contribution is -0.688. The molecule has 0 aliphatic rings. The molecule has 0 saturated heterocycles. The summed E-state index contributed by atoms with van der Waals surface area (Å²) in [5.74, 6) is 0.632. The smallest absolute Gasteiger partial charge is 0.260 e. The molecule has 5 rings (SSSR count). The zero-order chi connectivity index (χ0) is 20.5. The lowest BCUT2D eigenvalue weighted by Gasteiger charge is -2.03. The van der Waals surface area contributed by atoms with Crippen molar-refractivity contribution in [3.05, 3.63) is 106 Å². The highest BCUT2D eigenvalue weighted by Crippen LogP contribution is 2.31. The monoisotopic (exact) mass is 430 g/mol. The molecule has 0 atom stereocenters. The van der Waals surface area contributed by atoms with Crippen LogP contribution in [0.1, 0.15) is 5.82 Å². The zero-order valence-electron chi connectivity index (χ0n) is 15.9. The summed E-state index contributed by atoms with van der Waals surface area (Å²) in [6, 6.07) is 21.8. The molecule has 0 aliphatic heterocycles. The Bertz CT molecular complexity index is 1390. The summed E-state index contributed by atoms with van der Waals surface area (Å²) in [7, 11) is 0. The number of thiophene rings is 1. The molecule has 5 aromatic rings. The maximum atomic E-state index is 12.9. The van der Waals surface area contributed by atoms with E-state index in [4.69, 9.17) is 16.6 Å². The van der Waals surface area contributed by atoms with Crippen LogP contribution < -0.4 is 10.1 Å². The van der Waals surface area contributed by atoms with E-state index in [2.05, 4.69) is 29.4 Å². The Morgan fingerprint density at radius 3 is 2.50 bits per heavy atom. The number of H-pyrrole nitrogens is 1. The van der Waals surface area contributed by atoms with Crippen molar-refractivity contribution in [2.45, 2.75) is 6.54 Å². The molecular formula is C24H17ClN3OS+. The lowest BCUT2D eigenvalue weighted by Crippen LogP contribution is -2.35. The van der Waals surface area contributed by atoms with Gasteiger partial charge in [0.15, 0.2) is 18.2 Å². The number of rotatable bonds is 4. The summed E-state index contributed by atoms with van der Waals surface area (Å²) in [5, 5.41) is 3.26. The summed E-state index contributed by atoms with van der Waals surface area (Å²) in [6.07, 6.45) is 4.04. The van der Waals surface area contributed by atoms with E-state index in [1.165, 1.54) is 11.3 Å². The number of hydrogen-bond donors (Lipinski definition) is 1. The van der Waals surface area contributed by atoms with Crippen LogP contribution in [0.15, 0.2) is 89.3 Å². The van der Waals surface area contributed by atoms with Crippen molar-refractivity contribution in [3.8, 4) is 22.3 Å². The van der Waals surface area contributed by atoms with E-state index < -0.39 is 0 Å². The SMILES string of the molecule is O=c1[nH]c(C[n+]2cccc(-c3ccccc3)c2)nc2scc(-c3ccc(Cl)cc3)c12. The van der Waals surface area contributed by atoms with E-state index in [1.807, 2.05) is 64.7 Å². The molecule has 0 bridgehead atoms. The molecule has 4 nitrogen and oxygen atoms in total. The van der Waals surface area contributed by atoms with Crippen molar-refractivity contribution in [3.63, 3.8) is 0 Å². The maximum Gasteiger partial charge on any atom is 0.260 e. The lowest BCUT2D eigenvalue weighted by atomic mass is 10.1.